The minimum absolute atomic E-state index is 0.0558. The Morgan fingerprint density at radius 3 is 3.06 bits per heavy atom. The second kappa shape index (κ2) is 6.13. The Morgan fingerprint density at radius 2 is 2.50 bits per heavy atom. The molecule has 8 nitrogen and oxygen atoms in total. The Balaban J connectivity index is 2.08. The average molecular weight is 234 g/mol. The molecule has 1 fully saturated rings. The van der Waals surface area contributed by atoms with Crippen LogP contribution in [0.4, 0.5) is 9.59 Å². The fourth-order valence-corrected chi connectivity index (χ4v) is 1.01. The molecule has 4 N–H and O–H groups in total. The molecule has 0 aromatic carbocycles. The fourth-order valence-electron chi connectivity index (χ4n) is 1.01. The van der Waals surface area contributed by atoms with Crippen molar-refractivity contribution in [3.63, 3.8) is 0 Å². The number of cyclic esters (lactones) is 1. The van der Waals surface area contributed by atoms with Crippen molar-refractivity contribution in [2.45, 2.75) is 12.2 Å². The van der Waals surface area contributed by atoms with Crippen LogP contribution in [-0.4, -0.2) is 60.9 Å². The fraction of sp³-hybridized carbons (Fsp3) is 0.750. The summed E-state index contributed by atoms with van der Waals surface area (Å²) in [6, 6.07) is 0. The summed E-state index contributed by atoms with van der Waals surface area (Å²) in [6.07, 6.45) is -2.78. The van der Waals surface area contributed by atoms with Crippen LogP contribution in [0.5, 0.6) is 0 Å². The molecule has 16 heavy (non-hydrogen) atoms. The van der Waals surface area contributed by atoms with Gasteiger partial charge in [-0.1, -0.05) is 0 Å². The summed E-state index contributed by atoms with van der Waals surface area (Å²) in [5, 5.41) is 22.0. The minimum atomic E-state index is -1.02. The van der Waals surface area contributed by atoms with Gasteiger partial charge in [-0.25, -0.2) is 9.59 Å². The predicted molar refractivity (Wildman–Crippen MR) is 50.7 cm³/mol. The van der Waals surface area contributed by atoms with Crippen LogP contribution in [0.1, 0.15) is 0 Å². The van der Waals surface area contributed by atoms with E-state index >= 15 is 0 Å². The van der Waals surface area contributed by atoms with Gasteiger partial charge in [0.15, 0.2) is 6.10 Å². The van der Waals surface area contributed by atoms with Gasteiger partial charge in [-0.05, 0) is 0 Å². The highest BCUT2D eigenvalue weighted by Crippen LogP contribution is 2.00. The van der Waals surface area contributed by atoms with Crippen LogP contribution in [-0.2, 0) is 9.47 Å². The Kier molecular flexibility index (Phi) is 4.80. The highest BCUT2D eigenvalue weighted by atomic mass is 16.6. The standard InChI is InChI=1S/C8H14N2O6/c11-3-5(12)1-9-7(13)15-4-6-2-10-8(14)16-6/h5-6,11-12H,1-4H2,(H,9,13)(H,10,14)/t5?,6-/m0/s1. The molecule has 2 atom stereocenters. The van der Waals surface area contributed by atoms with Gasteiger partial charge in [0, 0.05) is 6.54 Å². The monoisotopic (exact) mass is 234 g/mol. The summed E-state index contributed by atoms with van der Waals surface area (Å²) < 4.78 is 9.42. The van der Waals surface area contributed by atoms with E-state index in [1.165, 1.54) is 0 Å². The first-order valence-electron chi connectivity index (χ1n) is 4.76. The van der Waals surface area contributed by atoms with Gasteiger partial charge in [-0.15, -0.1) is 0 Å². The second-order valence-corrected chi connectivity index (χ2v) is 3.22. The molecule has 0 aromatic heterocycles. The number of rotatable bonds is 5. The van der Waals surface area contributed by atoms with Gasteiger partial charge in [0.2, 0.25) is 0 Å². The summed E-state index contributed by atoms with van der Waals surface area (Å²) in [5.74, 6) is 0. The van der Waals surface area contributed by atoms with Crippen LogP contribution < -0.4 is 10.6 Å². The summed E-state index contributed by atoms with van der Waals surface area (Å²) in [7, 11) is 0. The number of hydrogen-bond acceptors (Lipinski definition) is 6. The highest BCUT2D eigenvalue weighted by molar-refractivity contribution is 5.69. The Hall–Kier alpha value is -1.54. The van der Waals surface area contributed by atoms with Crippen LogP contribution in [0.15, 0.2) is 0 Å². The zero-order valence-electron chi connectivity index (χ0n) is 8.51. The molecule has 0 bridgehead atoms. The first-order valence-corrected chi connectivity index (χ1v) is 4.76. The van der Waals surface area contributed by atoms with Crippen LogP contribution >= 0.6 is 0 Å². The maximum atomic E-state index is 11.0. The van der Waals surface area contributed by atoms with Crippen LogP contribution in [0.2, 0.25) is 0 Å². The molecule has 92 valence electrons. The third-order valence-corrected chi connectivity index (χ3v) is 1.84. The quantitative estimate of drug-likeness (QED) is 0.444. The summed E-state index contributed by atoms with van der Waals surface area (Å²) in [5.41, 5.74) is 0. The molecule has 0 spiro atoms. The van der Waals surface area contributed by atoms with Crippen molar-refractivity contribution in [3.05, 3.63) is 0 Å². The molecule has 0 aromatic rings. The summed E-state index contributed by atoms with van der Waals surface area (Å²) >= 11 is 0. The van der Waals surface area contributed by atoms with E-state index in [0.29, 0.717) is 6.54 Å². The van der Waals surface area contributed by atoms with E-state index in [0.717, 1.165) is 0 Å². The molecule has 0 aliphatic carbocycles. The number of nitrogens with one attached hydrogen (secondary N) is 2. The average Bonchev–Trinajstić information content (AvgIpc) is 2.69. The predicted octanol–water partition coefficient (Wildman–Crippen LogP) is -1.83. The molecular formula is C8H14N2O6. The number of ether oxygens (including phenoxy) is 2. The maximum absolute atomic E-state index is 11.0. The van der Waals surface area contributed by atoms with E-state index < -0.39 is 31.0 Å². The minimum Gasteiger partial charge on any atom is -0.446 e. The SMILES string of the molecule is O=C(NCC(O)CO)OC[C@@H]1CNC(=O)O1. The lowest BCUT2D eigenvalue weighted by molar-refractivity contribution is 0.0656. The van der Waals surface area contributed by atoms with Crippen LogP contribution in [0.25, 0.3) is 0 Å². The third-order valence-electron chi connectivity index (χ3n) is 1.84. The normalized spacial score (nSPS) is 20.9. The number of hydrogen-bond donors (Lipinski definition) is 4. The Morgan fingerprint density at radius 1 is 1.75 bits per heavy atom. The molecule has 0 radical (unpaired) electrons. The molecule has 2 amide bonds. The molecule has 1 aliphatic rings. The van der Waals surface area contributed by atoms with Crippen molar-refractivity contribution >= 4 is 12.2 Å². The van der Waals surface area contributed by atoms with Gasteiger partial charge in [0.1, 0.15) is 6.61 Å². The van der Waals surface area contributed by atoms with Gasteiger partial charge < -0.3 is 30.3 Å². The highest BCUT2D eigenvalue weighted by Gasteiger charge is 2.23. The van der Waals surface area contributed by atoms with Crippen molar-refractivity contribution in [2.24, 2.45) is 0 Å². The Bertz CT molecular complexity index is 259. The lowest BCUT2D eigenvalue weighted by Crippen LogP contribution is -2.35. The second-order valence-electron chi connectivity index (χ2n) is 3.22. The number of aliphatic hydroxyl groups is 2. The lowest BCUT2D eigenvalue weighted by atomic mass is 10.4. The van der Waals surface area contributed by atoms with E-state index in [4.69, 9.17) is 19.7 Å². The zero-order chi connectivity index (χ0) is 12.0. The van der Waals surface area contributed by atoms with Crippen LogP contribution in [0, 0.1) is 0 Å². The molecule has 1 rings (SSSR count). The van der Waals surface area contributed by atoms with Gasteiger partial charge in [0.25, 0.3) is 0 Å². The van der Waals surface area contributed by atoms with Crippen LogP contribution in [0.3, 0.4) is 0 Å². The molecule has 8 heteroatoms. The van der Waals surface area contributed by atoms with Crippen molar-refractivity contribution in [1.29, 1.82) is 0 Å². The molecule has 1 saturated heterocycles. The molecule has 1 unspecified atom stereocenters. The van der Waals surface area contributed by atoms with Crippen molar-refractivity contribution in [2.75, 3.05) is 26.3 Å². The van der Waals surface area contributed by atoms with E-state index in [9.17, 15) is 9.59 Å². The first kappa shape index (κ1) is 12.5. The molecular weight excluding hydrogens is 220 g/mol. The van der Waals surface area contributed by atoms with Crippen molar-refractivity contribution in [3.8, 4) is 0 Å². The van der Waals surface area contributed by atoms with E-state index in [1.54, 1.807) is 0 Å². The van der Waals surface area contributed by atoms with E-state index in [1.807, 2.05) is 0 Å². The number of alkyl carbamates (subject to hydrolysis) is 2. The van der Waals surface area contributed by atoms with Gasteiger partial charge >= 0.3 is 12.2 Å². The zero-order valence-corrected chi connectivity index (χ0v) is 8.51. The summed E-state index contributed by atoms with van der Waals surface area (Å²) in [4.78, 5) is 21.6. The molecule has 1 heterocycles. The number of carbonyl (C=O) groups is 2. The van der Waals surface area contributed by atoms with Gasteiger partial charge in [0.05, 0.1) is 19.3 Å². The molecule has 1 aliphatic heterocycles. The van der Waals surface area contributed by atoms with Gasteiger partial charge in [-0.2, -0.15) is 0 Å². The van der Waals surface area contributed by atoms with Gasteiger partial charge in [-0.3, -0.25) is 0 Å². The van der Waals surface area contributed by atoms with Crippen molar-refractivity contribution in [1.82, 2.24) is 10.6 Å². The van der Waals surface area contributed by atoms with Crippen molar-refractivity contribution < 1.29 is 29.3 Å². The number of carbonyl (C=O) groups excluding carboxylic acids is 2. The molecule has 0 saturated carbocycles. The largest absolute Gasteiger partial charge is 0.446 e. The number of aliphatic hydroxyl groups excluding tert-OH is 2. The lowest BCUT2D eigenvalue weighted by Gasteiger charge is -2.11. The van der Waals surface area contributed by atoms with E-state index in [-0.39, 0.29) is 13.2 Å². The first-order chi connectivity index (χ1) is 7.61. The Labute approximate surface area is 91.5 Å². The number of amides is 2. The topological polar surface area (TPSA) is 117 Å². The van der Waals surface area contributed by atoms with E-state index in [2.05, 4.69) is 10.6 Å². The third kappa shape index (κ3) is 4.32. The maximum Gasteiger partial charge on any atom is 0.407 e. The summed E-state index contributed by atoms with van der Waals surface area (Å²) in [6.45, 7) is -0.298. The smallest absolute Gasteiger partial charge is 0.407 e.